The van der Waals surface area contributed by atoms with Gasteiger partial charge in [-0.05, 0) is 48.5 Å². The van der Waals surface area contributed by atoms with Crippen molar-refractivity contribution < 1.29 is 19.1 Å². The van der Waals surface area contributed by atoms with Gasteiger partial charge in [0.1, 0.15) is 0 Å². The first-order valence-corrected chi connectivity index (χ1v) is 11.1. The molecule has 3 aromatic carbocycles. The van der Waals surface area contributed by atoms with E-state index in [1.165, 1.54) is 0 Å². The number of hydrogen-bond acceptors (Lipinski definition) is 5. The number of anilines is 3. The molecule has 1 heterocycles. The fourth-order valence-electron chi connectivity index (χ4n) is 3.50. The summed E-state index contributed by atoms with van der Waals surface area (Å²) >= 11 is 5.87. The highest BCUT2D eigenvalue weighted by Gasteiger charge is 2.26. The fourth-order valence-corrected chi connectivity index (χ4v) is 3.63. The Hall–Kier alpha value is -3.88. The summed E-state index contributed by atoms with van der Waals surface area (Å²) in [6.45, 7) is 1.60. The summed E-state index contributed by atoms with van der Waals surface area (Å²) in [6.07, 6.45) is -1.96. The van der Waals surface area contributed by atoms with Gasteiger partial charge in [0.05, 0.1) is 6.54 Å². The molecule has 4 rings (SSSR count). The topological polar surface area (TPSA) is 99.8 Å². The number of rotatable bonds is 6. The van der Waals surface area contributed by atoms with Gasteiger partial charge in [0.2, 0.25) is 12.0 Å². The lowest BCUT2D eigenvalue weighted by atomic mass is 10.1. The smallest absolute Gasteiger partial charge is 0.412 e. The second-order valence-corrected chi connectivity index (χ2v) is 8.02. The maximum Gasteiger partial charge on any atom is 0.412 e. The van der Waals surface area contributed by atoms with E-state index in [9.17, 15) is 14.4 Å². The number of halogens is 1. The van der Waals surface area contributed by atoms with E-state index in [2.05, 4.69) is 16.0 Å². The molecule has 9 heteroatoms. The van der Waals surface area contributed by atoms with Crippen LogP contribution in [0, 0.1) is 0 Å². The van der Waals surface area contributed by atoms with E-state index in [-0.39, 0.29) is 5.91 Å². The molecule has 3 amide bonds. The summed E-state index contributed by atoms with van der Waals surface area (Å²) in [6, 6.07) is 22.2. The molecular weight excluding hydrogens is 456 g/mol. The van der Waals surface area contributed by atoms with Crippen LogP contribution in [0.2, 0.25) is 5.02 Å². The van der Waals surface area contributed by atoms with Crippen LogP contribution in [0.1, 0.15) is 11.7 Å². The van der Waals surface area contributed by atoms with Crippen LogP contribution in [0.3, 0.4) is 0 Å². The normalized spacial score (nSPS) is 14.3. The highest BCUT2D eigenvalue weighted by Crippen LogP contribution is 2.23. The van der Waals surface area contributed by atoms with E-state index >= 15 is 0 Å². The zero-order valence-electron chi connectivity index (χ0n) is 18.2. The Bertz CT molecular complexity index is 1150. The van der Waals surface area contributed by atoms with Crippen molar-refractivity contribution in [1.82, 2.24) is 5.32 Å². The molecule has 3 N–H and O–H groups in total. The number of nitrogens with one attached hydrogen (secondary N) is 3. The van der Waals surface area contributed by atoms with Crippen molar-refractivity contribution in [2.75, 3.05) is 35.2 Å². The molecule has 0 bridgehead atoms. The van der Waals surface area contributed by atoms with Crippen LogP contribution in [-0.2, 0) is 14.3 Å². The van der Waals surface area contributed by atoms with Crippen molar-refractivity contribution in [1.29, 1.82) is 0 Å². The van der Waals surface area contributed by atoms with E-state index in [0.29, 0.717) is 35.1 Å². The zero-order chi connectivity index (χ0) is 23.9. The second-order valence-electron chi connectivity index (χ2n) is 7.59. The monoisotopic (exact) mass is 478 g/mol. The van der Waals surface area contributed by atoms with Crippen molar-refractivity contribution in [2.24, 2.45) is 0 Å². The van der Waals surface area contributed by atoms with E-state index in [0.717, 1.165) is 12.2 Å². The van der Waals surface area contributed by atoms with Gasteiger partial charge in [-0.2, -0.15) is 0 Å². The minimum Gasteiger partial charge on any atom is -0.431 e. The molecule has 0 radical (unpaired) electrons. The third-order valence-corrected chi connectivity index (χ3v) is 5.44. The molecule has 1 unspecified atom stereocenters. The first-order valence-electron chi connectivity index (χ1n) is 10.7. The molecule has 1 aliphatic rings. The first-order chi connectivity index (χ1) is 16.5. The lowest BCUT2D eigenvalue weighted by Gasteiger charge is -2.27. The van der Waals surface area contributed by atoms with Crippen LogP contribution in [0.4, 0.5) is 21.9 Å². The fraction of sp³-hybridized carbons (Fsp3) is 0.160. The van der Waals surface area contributed by atoms with Gasteiger partial charge in [0.15, 0.2) is 0 Å². The third kappa shape index (κ3) is 5.92. The Kier molecular flexibility index (Phi) is 7.41. The standard InChI is InChI=1S/C25H23ClN4O4/c26-18-6-8-20(9-7-18)29-25(33)34-23(17-4-2-1-3-5-17)24(32)28-19-10-12-21(13-11-19)30-15-14-27-16-22(30)31/h1-13,23,27H,14-16H2,(H,28,32)(H,29,33). The number of carbonyl (C=O) groups excluding carboxylic acids is 3. The van der Waals surface area contributed by atoms with E-state index in [4.69, 9.17) is 16.3 Å². The molecule has 1 saturated heterocycles. The van der Waals surface area contributed by atoms with Crippen molar-refractivity contribution in [3.63, 3.8) is 0 Å². The molecule has 0 spiro atoms. The highest BCUT2D eigenvalue weighted by molar-refractivity contribution is 6.30. The molecule has 174 valence electrons. The Morgan fingerprint density at radius 3 is 2.24 bits per heavy atom. The van der Waals surface area contributed by atoms with E-state index < -0.39 is 18.1 Å². The summed E-state index contributed by atoms with van der Waals surface area (Å²) in [5.41, 5.74) is 2.27. The summed E-state index contributed by atoms with van der Waals surface area (Å²) in [5, 5.41) is 8.94. The van der Waals surface area contributed by atoms with Crippen LogP contribution < -0.4 is 20.9 Å². The Morgan fingerprint density at radius 1 is 0.912 bits per heavy atom. The van der Waals surface area contributed by atoms with Crippen LogP contribution >= 0.6 is 11.6 Å². The maximum absolute atomic E-state index is 13.1. The summed E-state index contributed by atoms with van der Waals surface area (Å²) in [4.78, 5) is 39.4. The number of ether oxygens (including phenoxy) is 1. The molecule has 1 atom stereocenters. The van der Waals surface area contributed by atoms with Crippen molar-refractivity contribution in [2.45, 2.75) is 6.10 Å². The Balaban J connectivity index is 1.45. The second kappa shape index (κ2) is 10.8. The van der Waals surface area contributed by atoms with E-state index in [1.54, 1.807) is 77.7 Å². The minimum atomic E-state index is -1.18. The molecule has 1 aliphatic heterocycles. The number of hydrogen-bond donors (Lipinski definition) is 3. The summed E-state index contributed by atoms with van der Waals surface area (Å²) < 4.78 is 5.48. The van der Waals surface area contributed by atoms with Crippen LogP contribution in [0.15, 0.2) is 78.9 Å². The number of amides is 3. The van der Waals surface area contributed by atoms with Gasteiger partial charge in [-0.15, -0.1) is 0 Å². The molecule has 0 aliphatic carbocycles. The average molecular weight is 479 g/mol. The Morgan fingerprint density at radius 2 is 1.56 bits per heavy atom. The molecule has 3 aromatic rings. The molecule has 1 fully saturated rings. The van der Waals surface area contributed by atoms with Gasteiger partial charge in [-0.3, -0.25) is 14.9 Å². The number of nitrogens with zero attached hydrogens (tertiary/aromatic N) is 1. The number of carbonyl (C=O) groups is 3. The van der Waals surface area contributed by atoms with E-state index in [1.807, 2.05) is 6.07 Å². The summed E-state index contributed by atoms with van der Waals surface area (Å²) in [5.74, 6) is -0.518. The molecule has 8 nitrogen and oxygen atoms in total. The SMILES string of the molecule is O=C(Nc1ccc(Cl)cc1)OC(C(=O)Nc1ccc(N2CCNCC2=O)cc1)c1ccccc1. The van der Waals surface area contributed by atoms with Gasteiger partial charge in [0, 0.05) is 40.7 Å². The number of piperazine rings is 1. The maximum atomic E-state index is 13.1. The van der Waals surface area contributed by atoms with Crippen molar-refractivity contribution in [3.05, 3.63) is 89.4 Å². The lowest BCUT2D eigenvalue weighted by molar-refractivity contribution is -0.124. The third-order valence-electron chi connectivity index (χ3n) is 5.19. The zero-order valence-corrected chi connectivity index (χ0v) is 18.9. The van der Waals surface area contributed by atoms with Gasteiger partial charge >= 0.3 is 6.09 Å². The molecule has 0 saturated carbocycles. The summed E-state index contributed by atoms with van der Waals surface area (Å²) in [7, 11) is 0. The Labute approximate surface area is 201 Å². The predicted molar refractivity (Wildman–Crippen MR) is 131 cm³/mol. The average Bonchev–Trinajstić information content (AvgIpc) is 2.85. The van der Waals surface area contributed by atoms with Crippen LogP contribution in [0.5, 0.6) is 0 Å². The minimum absolute atomic E-state index is 0.00715. The van der Waals surface area contributed by atoms with Crippen LogP contribution in [0.25, 0.3) is 0 Å². The highest BCUT2D eigenvalue weighted by atomic mass is 35.5. The lowest BCUT2D eigenvalue weighted by Crippen LogP contribution is -2.48. The van der Waals surface area contributed by atoms with Gasteiger partial charge < -0.3 is 20.3 Å². The number of benzene rings is 3. The quantitative estimate of drug-likeness (QED) is 0.493. The molecule has 34 heavy (non-hydrogen) atoms. The van der Waals surface area contributed by atoms with Crippen molar-refractivity contribution in [3.8, 4) is 0 Å². The van der Waals surface area contributed by atoms with Gasteiger partial charge in [0.25, 0.3) is 5.91 Å². The largest absolute Gasteiger partial charge is 0.431 e. The van der Waals surface area contributed by atoms with Gasteiger partial charge in [-0.25, -0.2) is 4.79 Å². The molecular formula is C25H23ClN4O4. The molecule has 0 aromatic heterocycles. The van der Waals surface area contributed by atoms with Crippen molar-refractivity contribution >= 4 is 46.6 Å². The van der Waals surface area contributed by atoms with Gasteiger partial charge in [-0.1, -0.05) is 41.9 Å². The predicted octanol–water partition coefficient (Wildman–Crippen LogP) is 4.20. The van der Waals surface area contributed by atoms with Crippen LogP contribution in [-0.4, -0.2) is 37.5 Å². The first kappa shape index (κ1) is 23.3.